The van der Waals surface area contributed by atoms with E-state index in [1.54, 1.807) is 33.5 Å². The van der Waals surface area contributed by atoms with Gasteiger partial charge in [-0.2, -0.15) is 0 Å². The summed E-state index contributed by atoms with van der Waals surface area (Å²) < 4.78 is 16.0. The smallest absolute Gasteiger partial charge is 0.220 e. The van der Waals surface area contributed by atoms with Gasteiger partial charge in [-0.25, -0.2) is 4.98 Å². The van der Waals surface area contributed by atoms with Crippen LogP contribution in [0.3, 0.4) is 0 Å². The number of para-hydroxylation sites is 2. The zero-order valence-electron chi connectivity index (χ0n) is 15.7. The molecule has 7 nitrogen and oxygen atoms in total. The van der Waals surface area contributed by atoms with Gasteiger partial charge in [0.05, 0.1) is 32.4 Å². The Balaban J connectivity index is 1.60. The molecule has 3 rings (SSSR count). The number of hydrogen-bond donors (Lipinski definition) is 2. The van der Waals surface area contributed by atoms with Crippen molar-refractivity contribution in [3.8, 4) is 17.2 Å². The molecule has 0 aliphatic carbocycles. The number of imidazole rings is 1. The SMILES string of the molecule is COc1cc(OC)c(OC)cc1CNC(=O)CCc1nc2ccccc2[nH]1. The minimum atomic E-state index is -0.0627. The van der Waals surface area contributed by atoms with Crippen LogP contribution in [0.1, 0.15) is 17.8 Å². The van der Waals surface area contributed by atoms with Crippen LogP contribution < -0.4 is 19.5 Å². The van der Waals surface area contributed by atoms with Crippen molar-refractivity contribution >= 4 is 16.9 Å². The first-order valence-electron chi connectivity index (χ1n) is 8.63. The molecular weight excluding hydrogens is 346 g/mol. The fraction of sp³-hybridized carbons (Fsp3) is 0.300. The van der Waals surface area contributed by atoms with E-state index in [1.165, 1.54) is 0 Å². The van der Waals surface area contributed by atoms with E-state index in [0.717, 1.165) is 22.4 Å². The number of benzene rings is 2. The van der Waals surface area contributed by atoms with Gasteiger partial charge in [-0.05, 0) is 18.2 Å². The van der Waals surface area contributed by atoms with E-state index < -0.39 is 0 Å². The van der Waals surface area contributed by atoms with Crippen molar-refractivity contribution in [2.24, 2.45) is 0 Å². The second kappa shape index (κ2) is 8.44. The summed E-state index contributed by atoms with van der Waals surface area (Å²) in [5.74, 6) is 2.53. The van der Waals surface area contributed by atoms with E-state index >= 15 is 0 Å². The summed E-state index contributed by atoms with van der Waals surface area (Å²) in [6, 6.07) is 11.4. The standard InChI is InChI=1S/C20H23N3O4/c1-25-16-11-18(27-3)17(26-2)10-13(16)12-21-20(24)9-8-19-22-14-6-4-5-7-15(14)23-19/h4-7,10-11H,8-9,12H2,1-3H3,(H,21,24)(H,22,23). The first-order valence-corrected chi connectivity index (χ1v) is 8.63. The highest BCUT2D eigenvalue weighted by Crippen LogP contribution is 2.34. The maximum atomic E-state index is 12.2. The lowest BCUT2D eigenvalue weighted by molar-refractivity contribution is -0.121. The van der Waals surface area contributed by atoms with Crippen molar-refractivity contribution < 1.29 is 19.0 Å². The molecule has 0 bridgehead atoms. The normalized spacial score (nSPS) is 10.6. The van der Waals surface area contributed by atoms with Crippen molar-refractivity contribution in [2.75, 3.05) is 21.3 Å². The number of fused-ring (bicyclic) bond motifs is 1. The topological polar surface area (TPSA) is 85.5 Å². The number of nitrogens with one attached hydrogen (secondary N) is 2. The molecule has 1 aromatic heterocycles. The molecule has 0 saturated carbocycles. The summed E-state index contributed by atoms with van der Waals surface area (Å²) in [5.41, 5.74) is 2.69. The number of carbonyl (C=O) groups excluding carboxylic acids is 1. The summed E-state index contributed by atoms with van der Waals surface area (Å²) in [7, 11) is 4.71. The second-order valence-corrected chi connectivity index (χ2v) is 6.00. The third-order valence-electron chi connectivity index (χ3n) is 4.29. The van der Waals surface area contributed by atoms with Crippen molar-refractivity contribution in [3.05, 3.63) is 47.8 Å². The molecule has 27 heavy (non-hydrogen) atoms. The number of aryl methyl sites for hydroxylation is 1. The lowest BCUT2D eigenvalue weighted by Crippen LogP contribution is -2.23. The Morgan fingerprint density at radius 3 is 2.44 bits per heavy atom. The van der Waals surface area contributed by atoms with E-state index in [1.807, 2.05) is 24.3 Å². The lowest BCUT2D eigenvalue weighted by Gasteiger charge is -2.14. The molecule has 3 aromatic rings. The molecule has 0 unspecified atom stereocenters. The maximum Gasteiger partial charge on any atom is 0.220 e. The average molecular weight is 369 g/mol. The van der Waals surface area contributed by atoms with Gasteiger partial charge < -0.3 is 24.5 Å². The van der Waals surface area contributed by atoms with Gasteiger partial charge in [-0.15, -0.1) is 0 Å². The highest BCUT2D eigenvalue weighted by atomic mass is 16.5. The molecule has 0 saturated heterocycles. The van der Waals surface area contributed by atoms with Crippen LogP contribution in [-0.2, 0) is 17.8 Å². The number of carbonyl (C=O) groups is 1. The van der Waals surface area contributed by atoms with Gasteiger partial charge in [0.2, 0.25) is 5.91 Å². The van der Waals surface area contributed by atoms with E-state index in [9.17, 15) is 4.79 Å². The number of ether oxygens (including phenoxy) is 3. The van der Waals surface area contributed by atoms with E-state index in [0.29, 0.717) is 36.6 Å². The van der Waals surface area contributed by atoms with E-state index in [2.05, 4.69) is 15.3 Å². The quantitative estimate of drug-likeness (QED) is 0.638. The molecule has 0 atom stereocenters. The van der Waals surface area contributed by atoms with Crippen LogP contribution >= 0.6 is 0 Å². The van der Waals surface area contributed by atoms with Crippen LogP contribution in [0.15, 0.2) is 36.4 Å². The molecule has 1 heterocycles. The number of methoxy groups -OCH3 is 3. The second-order valence-electron chi connectivity index (χ2n) is 6.00. The highest BCUT2D eigenvalue weighted by molar-refractivity contribution is 5.77. The van der Waals surface area contributed by atoms with Gasteiger partial charge in [0, 0.05) is 31.0 Å². The van der Waals surface area contributed by atoms with Crippen molar-refractivity contribution in [1.82, 2.24) is 15.3 Å². The fourth-order valence-corrected chi connectivity index (χ4v) is 2.87. The molecular formula is C20H23N3O4. The number of aromatic amines is 1. The summed E-state index contributed by atoms with van der Waals surface area (Å²) in [6.45, 7) is 0.336. The molecule has 2 aromatic carbocycles. The zero-order valence-corrected chi connectivity index (χ0v) is 15.7. The molecule has 0 fully saturated rings. The van der Waals surface area contributed by atoms with Crippen LogP contribution in [0, 0.1) is 0 Å². The van der Waals surface area contributed by atoms with Crippen molar-refractivity contribution in [1.29, 1.82) is 0 Å². The third kappa shape index (κ3) is 4.31. The van der Waals surface area contributed by atoms with Gasteiger partial charge in [-0.3, -0.25) is 4.79 Å². The maximum absolute atomic E-state index is 12.2. The number of amides is 1. The Morgan fingerprint density at radius 2 is 1.74 bits per heavy atom. The molecule has 0 aliphatic rings. The summed E-state index contributed by atoms with van der Waals surface area (Å²) >= 11 is 0. The Labute approximate surface area is 157 Å². The molecule has 0 spiro atoms. The largest absolute Gasteiger partial charge is 0.496 e. The van der Waals surface area contributed by atoms with Gasteiger partial charge in [0.1, 0.15) is 11.6 Å². The first kappa shape index (κ1) is 18.6. The monoisotopic (exact) mass is 369 g/mol. The minimum absolute atomic E-state index is 0.0627. The van der Waals surface area contributed by atoms with Gasteiger partial charge in [-0.1, -0.05) is 12.1 Å². The molecule has 2 N–H and O–H groups in total. The summed E-state index contributed by atoms with van der Waals surface area (Å²) in [5, 5.41) is 2.91. The minimum Gasteiger partial charge on any atom is -0.496 e. The number of H-pyrrole nitrogens is 1. The number of nitrogens with zero attached hydrogens (tertiary/aromatic N) is 1. The zero-order chi connectivity index (χ0) is 19.2. The van der Waals surface area contributed by atoms with Crippen molar-refractivity contribution in [3.63, 3.8) is 0 Å². The Hall–Kier alpha value is -3.22. The molecule has 0 aliphatic heterocycles. The van der Waals surface area contributed by atoms with Crippen molar-refractivity contribution in [2.45, 2.75) is 19.4 Å². The lowest BCUT2D eigenvalue weighted by atomic mass is 10.1. The highest BCUT2D eigenvalue weighted by Gasteiger charge is 2.13. The van der Waals surface area contributed by atoms with Gasteiger partial charge >= 0.3 is 0 Å². The summed E-state index contributed by atoms with van der Waals surface area (Å²) in [4.78, 5) is 19.9. The predicted octanol–water partition coefficient (Wildman–Crippen LogP) is 2.84. The number of hydrogen-bond acceptors (Lipinski definition) is 5. The molecule has 142 valence electrons. The fourth-order valence-electron chi connectivity index (χ4n) is 2.87. The van der Waals surface area contributed by atoms with Crippen LogP contribution in [0.4, 0.5) is 0 Å². The molecule has 0 radical (unpaired) electrons. The van der Waals surface area contributed by atoms with Crippen LogP contribution in [-0.4, -0.2) is 37.2 Å². The Bertz CT molecular complexity index is 903. The summed E-state index contributed by atoms with van der Waals surface area (Å²) in [6.07, 6.45) is 0.888. The predicted molar refractivity (Wildman–Crippen MR) is 102 cm³/mol. The number of rotatable bonds is 8. The Morgan fingerprint density at radius 1 is 1.04 bits per heavy atom. The number of aromatic nitrogens is 2. The van der Waals surface area contributed by atoms with Crippen LogP contribution in [0.5, 0.6) is 17.2 Å². The average Bonchev–Trinajstić information content (AvgIpc) is 3.12. The van der Waals surface area contributed by atoms with Gasteiger partial charge in [0.15, 0.2) is 11.5 Å². The molecule has 7 heteroatoms. The Kier molecular flexibility index (Phi) is 5.80. The van der Waals surface area contributed by atoms with Crippen LogP contribution in [0.25, 0.3) is 11.0 Å². The first-order chi connectivity index (χ1) is 13.1. The third-order valence-corrected chi connectivity index (χ3v) is 4.29. The van der Waals surface area contributed by atoms with E-state index in [-0.39, 0.29) is 5.91 Å². The van der Waals surface area contributed by atoms with E-state index in [4.69, 9.17) is 14.2 Å². The molecule has 1 amide bonds. The van der Waals surface area contributed by atoms with Crippen LogP contribution in [0.2, 0.25) is 0 Å². The van der Waals surface area contributed by atoms with Gasteiger partial charge in [0.25, 0.3) is 0 Å².